The first-order valence-electron chi connectivity index (χ1n) is 4.87. The minimum atomic E-state index is -0.230. The third-order valence-electron chi connectivity index (χ3n) is 2.05. The summed E-state index contributed by atoms with van der Waals surface area (Å²) in [6, 6.07) is 0. The highest BCUT2D eigenvalue weighted by atomic mass is 16.2. The molecule has 0 radical (unpaired) electrons. The van der Waals surface area contributed by atoms with E-state index in [9.17, 15) is 9.59 Å². The lowest BCUT2D eigenvalue weighted by atomic mass is 10.1. The molecule has 1 amide bonds. The van der Waals surface area contributed by atoms with Gasteiger partial charge >= 0.3 is 0 Å². The molecule has 0 atom stereocenters. The Morgan fingerprint density at radius 3 is 2.67 bits per heavy atom. The smallest absolute Gasteiger partial charge is 0.254 e. The van der Waals surface area contributed by atoms with Gasteiger partial charge in [0.25, 0.3) is 5.56 Å². The summed E-state index contributed by atoms with van der Waals surface area (Å²) in [5, 5.41) is 2.64. The van der Waals surface area contributed by atoms with Crippen molar-refractivity contribution in [2.24, 2.45) is 0 Å². The molecule has 82 valence electrons. The molecule has 1 rings (SSSR count). The van der Waals surface area contributed by atoms with Crippen LogP contribution in [-0.4, -0.2) is 22.4 Å². The number of aromatic amines is 1. The number of hydrogen-bond acceptors (Lipinski definition) is 3. The molecular formula is C10H15N3O2. The topological polar surface area (TPSA) is 74.8 Å². The first kappa shape index (κ1) is 11.4. The van der Waals surface area contributed by atoms with E-state index in [1.165, 1.54) is 0 Å². The molecule has 1 heterocycles. The molecule has 0 aromatic carbocycles. The second-order valence-corrected chi connectivity index (χ2v) is 3.35. The maximum Gasteiger partial charge on any atom is 0.254 e. The summed E-state index contributed by atoms with van der Waals surface area (Å²) in [6.07, 6.45) is 0.0856. The SMILES string of the molecule is CCNC(=O)Cc1c(C)nc(C)[nH]c1=O. The van der Waals surface area contributed by atoms with Crippen molar-refractivity contribution in [3.05, 3.63) is 27.4 Å². The third kappa shape index (κ3) is 2.90. The molecule has 0 aliphatic rings. The molecule has 0 aliphatic heterocycles. The molecule has 0 unspecified atom stereocenters. The lowest BCUT2D eigenvalue weighted by Gasteiger charge is -2.05. The van der Waals surface area contributed by atoms with Crippen LogP contribution in [0.1, 0.15) is 24.0 Å². The molecule has 1 aromatic rings. The Balaban J connectivity index is 2.95. The molecule has 0 aliphatic carbocycles. The third-order valence-corrected chi connectivity index (χ3v) is 2.05. The van der Waals surface area contributed by atoms with Crippen molar-refractivity contribution in [2.75, 3.05) is 6.54 Å². The van der Waals surface area contributed by atoms with Crippen molar-refractivity contribution < 1.29 is 4.79 Å². The van der Waals surface area contributed by atoms with E-state index >= 15 is 0 Å². The second kappa shape index (κ2) is 4.72. The Labute approximate surface area is 87.9 Å². The minimum Gasteiger partial charge on any atom is -0.356 e. The van der Waals surface area contributed by atoms with Gasteiger partial charge < -0.3 is 10.3 Å². The summed E-state index contributed by atoms with van der Waals surface area (Å²) in [5.74, 6) is 0.411. The lowest BCUT2D eigenvalue weighted by molar-refractivity contribution is -0.120. The van der Waals surface area contributed by atoms with E-state index in [1.54, 1.807) is 13.8 Å². The predicted molar refractivity (Wildman–Crippen MR) is 56.7 cm³/mol. The van der Waals surface area contributed by atoms with Gasteiger partial charge in [0.2, 0.25) is 5.91 Å². The molecule has 0 saturated carbocycles. The highest BCUT2D eigenvalue weighted by Gasteiger charge is 2.10. The fraction of sp³-hybridized carbons (Fsp3) is 0.500. The molecule has 0 saturated heterocycles. The molecule has 5 heteroatoms. The van der Waals surface area contributed by atoms with Gasteiger partial charge in [0.05, 0.1) is 6.42 Å². The molecule has 2 N–H and O–H groups in total. The fourth-order valence-corrected chi connectivity index (χ4v) is 1.38. The Hall–Kier alpha value is -1.65. The number of aryl methyl sites for hydroxylation is 2. The van der Waals surface area contributed by atoms with Crippen LogP contribution in [-0.2, 0) is 11.2 Å². The van der Waals surface area contributed by atoms with Crippen molar-refractivity contribution in [1.29, 1.82) is 0 Å². The van der Waals surface area contributed by atoms with Crippen LogP contribution in [0.15, 0.2) is 4.79 Å². The van der Waals surface area contributed by atoms with Gasteiger partial charge in [-0.15, -0.1) is 0 Å². The second-order valence-electron chi connectivity index (χ2n) is 3.35. The molecule has 0 fully saturated rings. The summed E-state index contributed by atoms with van der Waals surface area (Å²) in [6.45, 7) is 5.85. The molecule has 0 spiro atoms. The first-order chi connectivity index (χ1) is 7.04. The van der Waals surface area contributed by atoms with Crippen LogP contribution < -0.4 is 10.9 Å². The highest BCUT2D eigenvalue weighted by molar-refractivity contribution is 5.78. The maximum atomic E-state index is 11.5. The van der Waals surface area contributed by atoms with Crippen molar-refractivity contribution in [2.45, 2.75) is 27.2 Å². The number of nitrogens with one attached hydrogen (secondary N) is 2. The van der Waals surface area contributed by atoms with Crippen LogP contribution in [0.3, 0.4) is 0 Å². The zero-order chi connectivity index (χ0) is 11.4. The summed E-state index contributed by atoms with van der Waals surface area (Å²) in [4.78, 5) is 29.5. The zero-order valence-electron chi connectivity index (χ0n) is 9.18. The van der Waals surface area contributed by atoms with Gasteiger partial charge in [0.1, 0.15) is 5.82 Å². The van der Waals surface area contributed by atoms with Crippen molar-refractivity contribution in [3.8, 4) is 0 Å². The number of aromatic nitrogens is 2. The lowest BCUT2D eigenvalue weighted by Crippen LogP contribution is -2.29. The van der Waals surface area contributed by atoms with E-state index in [0.717, 1.165) is 0 Å². The standard InChI is InChI=1S/C10H15N3O2/c1-4-11-9(14)5-8-6(2)12-7(3)13-10(8)15/h4-5H2,1-3H3,(H,11,14)(H,12,13,15). The monoisotopic (exact) mass is 209 g/mol. The molecule has 5 nitrogen and oxygen atoms in total. The van der Waals surface area contributed by atoms with E-state index < -0.39 is 0 Å². The number of H-pyrrole nitrogens is 1. The zero-order valence-corrected chi connectivity index (χ0v) is 9.18. The Morgan fingerprint density at radius 1 is 1.47 bits per heavy atom. The molecule has 1 aromatic heterocycles. The predicted octanol–water partition coefficient (Wildman–Crippen LogP) is 0.0653. The van der Waals surface area contributed by atoms with Gasteiger partial charge in [-0.25, -0.2) is 4.98 Å². The summed E-state index contributed by atoms with van der Waals surface area (Å²) in [7, 11) is 0. The van der Waals surface area contributed by atoms with Crippen molar-refractivity contribution in [3.63, 3.8) is 0 Å². The van der Waals surface area contributed by atoms with Gasteiger partial charge in [0, 0.05) is 17.8 Å². The molecule has 15 heavy (non-hydrogen) atoms. The number of hydrogen-bond donors (Lipinski definition) is 2. The number of amides is 1. The van der Waals surface area contributed by atoms with Gasteiger partial charge in [-0.3, -0.25) is 9.59 Å². The summed E-state index contributed by atoms with van der Waals surface area (Å²) >= 11 is 0. The highest BCUT2D eigenvalue weighted by Crippen LogP contribution is 1.99. The van der Waals surface area contributed by atoms with Crippen LogP contribution in [0, 0.1) is 13.8 Å². The van der Waals surface area contributed by atoms with E-state index in [2.05, 4.69) is 15.3 Å². The first-order valence-corrected chi connectivity index (χ1v) is 4.87. The molecule has 0 bridgehead atoms. The Morgan fingerprint density at radius 2 is 2.13 bits per heavy atom. The molecular weight excluding hydrogens is 194 g/mol. The van der Waals surface area contributed by atoms with E-state index in [-0.39, 0.29) is 17.9 Å². The Kier molecular flexibility index (Phi) is 3.60. The number of nitrogens with zero attached hydrogens (tertiary/aromatic N) is 1. The maximum absolute atomic E-state index is 11.5. The number of carbonyl (C=O) groups is 1. The normalized spacial score (nSPS) is 10.1. The van der Waals surface area contributed by atoms with Gasteiger partial charge in [0.15, 0.2) is 0 Å². The summed E-state index contributed by atoms with van der Waals surface area (Å²) in [5.41, 5.74) is 0.820. The van der Waals surface area contributed by atoms with E-state index in [1.807, 2.05) is 6.92 Å². The van der Waals surface area contributed by atoms with Gasteiger partial charge in [-0.1, -0.05) is 0 Å². The minimum absolute atomic E-state index is 0.0856. The number of likely N-dealkylation sites (N-methyl/N-ethyl adjacent to an activating group) is 1. The van der Waals surface area contributed by atoms with Gasteiger partial charge in [-0.2, -0.15) is 0 Å². The van der Waals surface area contributed by atoms with Gasteiger partial charge in [-0.05, 0) is 20.8 Å². The van der Waals surface area contributed by atoms with Crippen molar-refractivity contribution in [1.82, 2.24) is 15.3 Å². The Bertz CT molecular complexity index is 423. The van der Waals surface area contributed by atoms with E-state index in [4.69, 9.17) is 0 Å². The van der Waals surface area contributed by atoms with E-state index in [0.29, 0.717) is 23.6 Å². The largest absolute Gasteiger partial charge is 0.356 e. The average molecular weight is 209 g/mol. The fourth-order valence-electron chi connectivity index (χ4n) is 1.38. The average Bonchev–Trinajstić information content (AvgIpc) is 2.11. The van der Waals surface area contributed by atoms with Crippen LogP contribution in [0.5, 0.6) is 0 Å². The number of rotatable bonds is 3. The summed E-state index contributed by atoms with van der Waals surface area (Å²) < 4.78 is 0. The quantitative estimate of drug-likeness (QED) is 0.739. The number of carbonyl (C=O) groups excluding carboxylic acids is 1. The van der Waals surface area contributed by atoms with Crippen LogP contribution >= 0.6 is 0 Å². The van der Waals surface area contributed by atoms with Crippen LogP contribution in [0.4, 0.5) is 0 Å². The van der Waals surface area contributed by atoms with Crippen LogP contribution in [0.2, 0.25) is 0 Å². The van der Waals surface area contributed by atoms with Crippen molar-refractivity contribution >= 4 is 5.91 Å². The van der Waals surface area contributed by atoms with Crippen LogP contribution in [0.25, 0.3) is 0 Å².